The SMILES string of the molecule is Brc1ccc[cH-]1.Cc1ccc(C([O-])=C2C=CC=C2)cc1.[Fe+2]. The topological polar surface area (TPSA) is 23.1 Å². The maximum atomic E-state index is 11.8. The van der Waals surface area contributed by atoms with Gasteiger partial charge in [-0.3, -0.25) is 0 Å². The van der Waals surface area contributed by atoms with E-state index >= 15 is 0 Å². The Kier molecular flexibility index (Phi) is 7.38. The summed E-state index contributed by atoms with van der Waals surface area (Å²) in [5, 5.41) is 11.8. The van der Waals surface area contributed by atoms with Crippen LogP contribution in [0.2, 0.25) is 0 Å². The Hall–Kier alpha value is -1.41. The average Bonchev–Trinajstić information content (AvgIpc) is 3.12. The van der Waals surface area contributed by atoms with Crippen LogP contribution in [0, 0.1) is 6.92 Å². The van der Waals surface area contributed by atoms with E-state index in [0.717, 1.165) is 15.6 Å². The summed E-state index contributed by atoms with van der Waals surface area (Å²) in [7, 11) is 0. The fourth-order valence-electron chi connectivity index (χ4n) is 1.75. The van der Waals surface area contributed by atoms with Gasteiger partial charge in [0.25, 0.3) is 0 Å². The van der Waals surface area contributed by atoms with Gasteiger partial charge in [-0.25, -0.2) is 6.07 Å². The van der Waals surface area contributed by atoms with Crippen LogP contribution < -0.4 is 5.11 Å². The Morgan fingerprint density at radius 2 is 1.67 bits per heavy atom. The Morgan fingerprint density at radius 3 is 2.10 bits per heavy atom. The van der Waals surface area contributed by atoms with Crippen molar-refractivity contribution in [2.45, 2.75) is 6.92 Å². The molecule has 2 aromatic rings. The molecule has 0 bridgehead atoms. The summed E-state index contributed by atoms with van der Waals surface area (Å²) in [4.78, 5) is 0. The van der Waals surface area contributed by atoms with E-state index in [1.807, 2.05) is 79.8 Å². The molecule has 0 radical (unpaired) electrons. The van der Waals surface area contributed by atoms with Crippen LogP contribution in [-0.4, -0.2) is 0 Å². The van der Waals surface area contributed by atoms with E-state index in [4.69, 9.17) is 0 Å². The Bertz CT molecular complexity index is 620. The number of halogens is 1. The van der Waals surface area contributed by atoms with E-state index in [-0.39, 0.29) is 22.8 Å². The van der Waals surface area contributed by atoms with Gasteiger partial charge in [-0.2, -0.15) is 18.2 Å². The number of aryl methyl sites for hydroxylation is 1. The van der Waals surface area contributed by atoms with Gasteiger partial charge < -0.3 is 5.11 Å². The van der Waals surface area contributed by atoms with Crippen molar-refractivity contribution >= 4 is 21.7 Å². The molecule has 3 heteroatoms. The normalized spacial score (nSPS) is 11.6. The molecule has 3 rings (SSSR count). The summed E-state index contributed by atoms with van der Waals surface area (Å²) in [6, 6.07) is 15.6. The van der Waals surface area contributed by atoms with E-state index < -0.39 is 0 Å². The molecule has 1 nitrogen and oxygen atoms in total. The number of hydrogen-bond donors (Lipinski definition) is 0. The molecule has 2 aromatic carbocycles. The van der Waals surface area contributed by atoms with Gasteiger partial charge in [-0.15, -0.1) is 4.47 Å². The molecule has 0 saturated heterocycles. The van der Waals surface area contributed by atoms with Crippen molar-refractivity contribution in [3.05, 3.63) is 94.0 Å². The first-order valence-electron chi connectivity index (χ1n) is 6.37. The van der Waals surface area contributed by atoms with Crippen molar-refractivity contribution in [3.63, 3.8) is 0 Å². The smallest absolute Gasteiger partial charge is 0.872 e. The van der Waals surface area contributed by atoms with Gasteiger partial charge in [0.15, 0.2) is 0 Å². The monoisotopic (exact) mass is 382 g/mol. The minimum absolute atomic E-state index is 0. The zero-order chi connectivity index (χ0) is 14.4. The number of hydrogen-bond acceptors (Lipinski definition) is 1. The molecule has 0 saturated carbocycles. The molecule has 0 unspecified atom stereocenters. The van der Waals surface area contributed by atoms with Gasteiger partial charge in [0.1, 0.15) is 0 Å². The average molecular weight is 383 g/mol. The fourth-order valence-corrected chi connectivity index (χ4v) is 2.05. The molecule has 0 fully saturated rings. The molecular formula is C18H15BrFeO. The standard InChI is InChI=1S/C13H12O.C5H4Br.Fe/c1-10-6-8-12(9-7-10)13(14)11-4-2-3-5-11;6-5-3-1-2-4-5;/h2-9,14H,1H3;1-4H;/q;-1;+2/p-1. The van der Waals surface area contributed by atoms with Crippen molar-refractivity contribution in [1.29, 1.82) is 0 Å². The quantitative estimate of drug-likeness (QED) is 0.408. The predicted molar refractivity (Wildman–Crippen MR) is 86.1 cm³/mol. The van der Waals surface area contributed by atoms with E-state index in [2.05, 4.69) is 15.9 Å². The van der Waals surface area contributed by atoms with Crippen LogP contribution in [0.15, 0.2) is 82.9 Å². The van der Waals surface area contributed by atoms with Crippen LogP contribution in [0.5, 0.6) is 0 Å². The fraction of sp³-hybridized carbons (Fsp3) is 0.0556. The molecule has 0 amide bonds. The van der Waals surface area contributed by atoms with Crippen LogP contribution in [0.25, 0.3) is 5.76 Å². The van der Waals surface area contributed by atoms with Crippen molar-refractivity contribution in [3.8, 4) is 0 Å². The second kappa shape index (κ2) is 8.78. The van der Waals surface area contributed by atoms with Crippen LogP contribution >= 0.6 is 15.9 Å². The van der Waals surface area contributed by atoms with E-state index in [1.165, 1.54) is 5.56 Å². The number of allylic oxidation sites excluding steroid dienone is 5. The van der Waals surface area contributed by atoms with E-state index in [0.29, 0.717) is 0 Å². The van der Waals surface area contributed by atoms with Gasteiger partial charge in [-0.05, 0) is 18.1 Å². The maximum absolute atomic E-state index is 11.8. The molecule has 1 aliphatic rings. The molecule has 0 spiro atoms. The molecule has 21 heavy (non-hydrogen) atoms. The largest absolute Gasteiger partial charge is 2.00 e. The van der Waals surface area contributed by atoms with Crippen LogP contribution in [-0.2, 0) is 17.1 Å². The maximum Gasteiger partial charge on any atom is 2.00 e. The summed E-state index contributed by atoms with van der Waals surface area (Å²) >= 11 is 3.28. The Labute approximate surface area is 144 Å². The number of benzene rings is 1. The third kappa shape index (κ3) is 5.47. The third-order valence-corrected chi connectivity index (χ3v) is 3.39. The van der Waals surface area contributed by atoms with Gasteiger partial charge in [0, 0.05) is 0 Å². The minimum atomic E-state index is 0. The molecule has 0 aliphatic heterocycles. The number of rotatable bonds is 1. The summed E-state index contributed by atoms with van der Waals surface area (Å²) in [6.07, 6.45) is 7.42. The van der Waals surface area contributed by atoms with Gasteiger partial charge >= 0.3 is 17.1 Å². The minimum Gasteiger partial charge on any atom is -0.872 e. The van der Waals surface area contributed by atoms with Crippen LogP contribution in [0.3, 0.4) is 0 Å². The Morgan fingerprint density at radius 1 is 1.05 bits per heavy atom. The van der Waals surface area contributed by atoms with E-state index in [1.54, 1.807) is 0 Å². The zero-order valence-electron chi connectivity index (χ0n) is 11.6. The van der Waals surface area contributed by atoms with Crippen molar-refractivity contribution in [1.82, 2.24) is 0 Å². The molecule has 0 N–H and O–H groups in total. The Balaban J connectivity index is 0.000000267. The summed E-state index contributed by atoms with van der Waals surface area (Å²) in [5.74, 6) is 0.0926. The first-order chi connectivity index (χ1) is 9.66. The van der Waals surface area contributed by atoms with Crippen LogP contribution in [0.1, 0.15) is 11.1 Å². The summed E-state index contributed by atoms with van der Waals surface area (Å²) < 4.78 is 1.16. The first kappa shape index (κ1) is 17.6. The summed E-state index contributed by atoms with van der Waals surface area (Å²) in [6.45, 7) is 2.01. The molecule has 0 aromatic heterocycles. The van der Waals surface area contributed by atoms with Gasteiger partial charge in [0.2, 0.25) is 0 Å². The van der Waals surface area contributed by atoms with Gasteiger partial charge in [-0.1, -0.05) is 75.8 Å². The van der Waals surface area contributed by atoms with Crippen molar-refractivity contribution in [2.24, 2.45) is 0 Å². The summed E-state index contributed by atoms with van der Waals surface area (Å²) in [5.41, 5.74) is 2.68. The van der Waals surface area contributed by atoms with Gasteiger partial charge in [0.05, 0.1) is 0 Å². The third-order valence-electron chi connectivity index (χ3n) is 2.86. The molecule has 0 heterocycles. The first-order valence-corrected chi connectivity index (χ1v) is 7.16. The zero-order valence-corrected chi connectivity index (χ0v) is 14.3. The molecule has 0 atom stereocenters. The van der Waals surface area contributed by atoms with E-state index in [9.17, 15) is 5.11 Å². The second-order valence-electron chi connectivity index (χ2n) is 4.47. The molecule has 108 valence electrons. The van der Waals surface area contributed by atoms with Crippen molar-refractivity contribution in [2.75, 3.05) is 0 Å². The second-order valence-corrected chi connectivity index (χ2v) is 5.39. The molecular weight excluding hydrogens is 368 g/mol. The van der Waals surface area contributed by atoms with Crippen molar-refractivity contribution < 1.29 is 22.2 Å². The predicted octanol–water partition coefficient (Wildman–Crippen LogP) is 4.36. The van der Waals surface area contributed by atoms with Crippen LogP contribution in [0.4, 0.5) is 0 Å². The molecule has 1 aliphatic carbocycles.